The van der Waals surface area contributed by atoms with Crippen molar-refractivity contribution in [3.63, 3.8) is 0 Å². The topological polar surface area (TPSA) is 38.7 Å². The summed E-state index contributed by atoms with van der Waals surface area (Å²) in [4.78, 5) is 13.5. The standard InChI is InChI=1S/C23H27N3S.C3H6/c1-15(2)18-12-20(19(16(18)3)11-17-7-5-4-6-8-17)22-14-27-23(26-22)21-13-24-9-10-25-21;1-3-2/h9-10,12-14,17,19H,1,4-8,11H2,2-3H3;3H,1H2,2H3. The highest BCUT2D eigenvalue weighted by molar-refractivity contribution is 7.13. The average molecular weight is 420 g/mol. The monoisotopic (exact) mass is 419 g/mol. The van der Waals surface area contributed by atoms with Crippen LogP contribution < -0.4 is 0 Å². The fraction of sp³-hybridized carbons (Fsp3) is 0.423. The summed E-state index contributed by atoms with van der Waals surface area (Å²) in [5.74, 6) is 1.31. The predicted molar refractivity (Wildman–Crippen MR) is 129 cm³/mol. The second-order valence-corrected chi connectivity index (χ2v) is 9.16. The van der Waals surface area contributed by atoms with Crippen LogP contribution in [0.1, 0.15) is 65.0 Å². The third-order valence-electron chi connectivity index (χ3n) is 5.96. The van der Waals surface area contributed by atoms with E-state index in [0.29, 0.717) is 5.92 Å². The van der Waals surface area contributed by atoms with Gasteiger partial charge < -0.3 is 0 Å². The van der Waals surface area contributed by atoms with Gasteiger partial charge in [-0.3, -0.25) is 9.97 Å². The Morgan fingerprint density at radius 1 is 1.20 bits per heavy atom. The van der Waals surface area contributed by atoms with Crippen molar-refractivity contribution >= 4 is 16.9 Å². The third-order valence-corrected chi connectivity index (χ3v) is 6.82. The lowest BCUT2D eigenvalue weighted by Gasteiger charge is -2.26. The van der Waals surface area contributed by atoms with Crippen molar-refractivity contribution in [2.45, 2.75) is 59.3 Å². The molecule has 2 aromatic heterocycles. The Bertz CT molecular complexity index is 930. The van der Waals surface area contributed by atoms with E-state index in [0.717, 1.165) is 27.9 Å². The van der Waals surface area contributed by atoms with Crippen LogP contribution in [0.4, 0.5) is 0 Å². The molecule has 0 bridgehead atoms. The van der Waals surface area contributed by atoms with Crippen LogP contribution in [0.15, 0.2) is 66.0 Å². The van der Waals surface area contributed by atoms with Crippen LogP contribution in [-0.4, -0.2) is 15.0 Å². The van der Waals surface area contributed by atoms with Crippen LogP contribution in [-0.2, 0) is 0 Å². The zero-order valence-corrected chi connectivity index (χ0v) is 19.3. The van der Waals surface area contributed by atoms with Gasteiger partial charge in [-0.25, -0.2) is 4.98 Å². The minimum Gasteiger partial charge on any atom is -0.261 e. The van der Waals surface area contributed by atoms with Crippen LogP contribution in [0.5, 0.6) is 0 Å². The SMILES string of the molecule is C=C(C)C1=C(C)C(CC2CCCCC2)C(c2csc(-c3cnccn3)n2)=C1.C=CC. The van der Waals surface area contributed by atoms with Crippen molar-refractivity contribution in [2.24, 2.45) is 11.8 Å². The van der Waals surface area contributed by atoms with Crippen LogP contribution in [0.3, 0.4) is 0 Å². The molecule has 2 heterocycles. The van der Waals surface area contributed by atoms with Gasteiger partial charge in [-0.15, -0.1) is 17.9 Å². The molecule has 1 saturated carbocycles. The lowest BCUT2D eigenvalue weighted by Crippen LogP contribution is -2.13. The first-order valence-corrected chi connectivity index (χ1v) is 11.8. The Labute approximate surface area is 185 Å². The van der Waals surface area contributed by atoms with E-state index in [9.17, 15) is 0 Å². The maximum Gasteiger partial charge on any atom is 0.144 e. The molecule has 1 atom stereocenters. The van der Waals surface area contributed by atoms with E-state index in [1.165, 1.54) is 55.2 Å². The minimum absolute atomic E-state index is 0.469. The molecule has 4 heteroatoms. The normalized spacial score (nSPS) is 19.2. The molecule has 0 spiro atoms. The molecular weight excluding hydrogens is 386 g/mol. The van der Waals surface area contributed by atoms with Gasteiger partial charge in [-0.05, 0) is 50.3 Å². The summed E-state index contributed by atoms with van der Waals surface area (Å²) in [5, 5.41) is 3.12. The lowest BCUT2D eigenvalue weighted by atomic mass is 9.79. The van der Waals surface area contributed by atoms with E-state index in [1.807, 2.05) is 6.92 Å². The number of aromatic nitrogens is 3. The third kappa shape index (κ3) is 5.23. The number of hydrogen-bond donors (Lipinski definition) is 0. The first kappa shape index (κ1) is 22.4. The van der Waals surface area contributed by atoms with E-state index in [4.69, 9.17) is 4.98 Å². The Balaban J connectivity index is 0.000000806. The highest BCUT2D eigenvalue weighted by Crippen LogP contribution is 2.45. The van der Waals surface area contributed by atoms with Gasteiger partial charge in [0.25, 0.3) is 0 Å². The van der Waals surface area contributed by atoms with Crippen LogP contribution in [0, 0.1) is 11.8 Å². The van der Waals surface area contributed by atoms with E-state index < -0.39 is 0 Å². The minimum atomic E-state index is 0.469. The van der Waals surface area contributed by atoms with Crippen molar-refractivity contribution in [1.29, 1.82) is 0 Å². The van der Waals surface area contributed by atoms with Gasteiger partial charge in [0.1, 0.15) is 10.7 Å². The molecule has 3 nitrogen and oxygen atoms in total. The molecule has 0 saturated heterocycles. The van der Waals surface area contributed by atoms with Gasteiger partial charge in [0.2, 0.25) is 0 Å². The Morgan fingerprint density at radius 3 is 2.57 bits per heavy atom. The first-order chi connectivity index (χ1) is 14.5. The van der Waals surface area contributed by atoms with E-state index in [-0.39, 0.29) is 0 Å². The van der Waals surface area contributed by atoms with Gasteiger partial charge in [-0.2, -0.15) is 0 Å². The summed E-state index contributed by atoms with van der Waals surface area (Å²) in [6, 6.07) is 0. The Kier molecular flexibility index (Phi) is 7.92. The van der Waals surface area contributed by atoms with E-state index >= 15 is 0 Å². The molecule has 4 rings (SSSR count). The summed E-state index contributed by atoms with van der Waals surface area (Å²) in [6.07, 6.45) is 17.5. The Morgan fingerprint density at radius 2 is 1.93 bits per heavy atom. The molecular formula is C26H33N3S. The largest absolute Gasteiger partial charge is 0.261 e. The highest BCUT2D eigenvalue weighted by atomic mass is 32.1. The quantitative estimate of drug-likeness (QED) is 0.467. The molecule has 0 aromatic carbocycles. The fourth-order valence-corrected chi connectivity index (χ4v) is 5.29. The maximum atomic E-state index is 4.93. The van der Waals surface area contributed by atoms with Crippen molar-refractivity contribution in [3.8, 4) is 10.7 Å². The lowest BCUT2D eigenvalue weighted by molar-refractivity contribution is 0.323. The summed E-state index contributed by atoms with van der Waals surface area (Å²) in [7, 11) is 0. The second kappa shape index (κ2) is 10.6. The van der Waals surface area contributed by atoms with Gasteiger partial charge in [0, 0.05) is 23.7 Å². The van der Waals surface area contributed by atoms with Gasteiger partial charge in [0.15, 0.2) is 0 Å². The van der Waals surface area contributed by atoms with Crippen LogP contribution in [0.25, 0.3) is 16.3 Å². The number of allylic oxidation sites excluding steroid dienone is 6. The number of hydrogen-bond acceptors (Lipinski definition) is 4. The molecule has 0 radical (unpaired) electrons. The smallest absolute Gasteiger partial charge is 0.144 e. The average Bonchev–Trinajstić information content (AvgIpc) is 3.36. The zero-order valence-electron chi connectivity index (χ0n) is 18.5. The van der Waals surface area contributed by atoms with Crippen LogP contribution in [0.2, 0.25) is 0 Å². The summed E-state index contributed by atoms with van der Waals surface area (Å²) in [5.41, 5.74) is 7.25. The van der Waals surface area contributed by atoms with Crippen molar-refractivity contribution in [1.82, 2.24) is 15.0 Å². The molecule has 2 aromatic rings. The molecule has 0 N–H and O–H groups in total. The first-order valence-electron chi connectivity index (χ1n) is 10.9. The van der Waals surface area contributed by atoms with Crippen LogP contribution >= 0.6 is 11.3 Å². The summed E-state index contributed by atoms with van der Waals surface area (Å²) >= 11 is 1.65. The predicted octanol–water partition coefficient (Wildman–Crippen LogP) is 7.67. The number of nitrogens with zero attached hydrogens (tertiary/aromatic N) is 3. The van der Waals surface area contributed by atoms with E-state index in [2.05, 4.69) is 48.4 Å². The molecule has 0 aliphatic heterocycles. The van der Waals surface area contributed by atoms with E-state index in [1.54, 1.807) is 36.0 Å². The molecule has 30 heavy (non-hydrogen) atoms. The number of rotatable bonds is 5. The molecule has 158 valence electrons. The maximum absolute atomic E-state index is 4.93. The highest BCUT2D eigenvalue weighted by Gasteiger charge is 2.30. The zero-order chi connectivity index (χ0) is 21.5. The second-order valence-electron chi connectivity index (χ2n) is 8.31. The molecule has 1 fully saturated rings. The van der Waals surface area contributed by atoms with Crippen molar-refractivity contribution in [2.75, 3.05) is 0 Å². The fourth-order valence-electron chi connectivity index (χ4n) is 4.50. The molecule has 2 aliphatic carbocycles. The Hall–Kier alpha value is -2.33. The van der Waals surface area contributed by atoms with Crippen molar-refractivity contribution < 1.29 is 0 Å². The summed E-state index contributed by atoms with van der Waals surface area (Å²) < 4.78 is 0. The van der Waals surface area contributed by atoms with Gasteiger partial charge >= 0.3 is 0 Å². The summed E-state index contributed by atoms with van der Waals surface area (Å²) in [6.45, 7) is 13.9. The molecule has 0 amide bonds. The molecule has 1 unspecified atom stereocenters. The van der Waals surface area contributed by atoms with Gasteiger partial charge in [-0.1, -0.05) is 55.9 Å². The molecule has 2 aliphatic rings. The number of thiazole rings is 1. The van der Waals surface area contributed by atoms with Crippen molar-refractivity contribution in [3.05, 3.63) is 71.7 Å². The van der Waals surface area contributed by atoms with Gasteiger partial charge in [0.05, 0.1) is 11.9 Å².